The monoisotopic (exact) mass is 382 g/mol. The van der Waals surface area contributed by atoms with Crippen molar-refractivity contribution in [3.05, 3.63) is 11.3 Å². The molecule has 27 heavy (non-hydrogen) atoms. The molecule has 0 spiro atoms. The Hall–Kier alpha value is -0.945. The van der Waals surface area contributed by atoms with Crippen molar-refractivity contribution in [1.82, 2.24) is 9.78 Å². The number of nitrogens with zero attached hydrogens (tertiary/aromatic N) is 2. The number of halogens is 2. The highest BCUT2D eigenvalue weighted by Crippen LogP contribution is 2.40. The van der Waals surface area contributed by atoms with Crippen LogP contribution < -0.4 is 5.59 Å². The van der Waals surface area contributed by atoms with Crippen molar-refractivity contribution in [1.29, 1.82) is 0 Å². The summed E-state index contributed by atoms with van der Waals surface area (Å²) in [5.74, 6) is -2.56. The van der Waals surface area contributed by atoms with Crippen LogP contribution in [0.4, 0.5) is 8.78 Å². The first-order valence-corrected chi connectivity index (χ1v) is 9.98. The first-order valence-electron chi connectivity index (χ1n) is 9.98. The highest BCUT2D eigenvalue weighted by Gasteiger charge is 2.54. The second-order valence-electron chi connectivity index (χ2n) is 10.2. The van der Waals surface area contributed by atoms with Gasteiger partial charge in [-0.25, -0.2) is 8.78 Å². The van der Waals surface area contributed by atoms with Crippen LogP contribution in [-0.2, 0) is 14.7 Å². The van der Waals surface area contributed by atoms with E-state index in [-0.39, 0.29) is 24.3 Å². The quantitative estimate of drug-likeness (QED) is 0.705. The number of alkyl halides is 2. The molecule has 1 aromatic heterocycles. The normalized spacial score (nSPS) is 25.2. The molecular weight excluding hydrogens is 349 g/mol. The highest BCUT2D eigenvalue weighted by atomic mass is 19.3. The maximum Gasteiger partial charge on any atom is 0.514 e. The lowest BCUT2D eigenvalue weighted by Crippen LogP contribution is -2.43. The minimum Gasteiger partial charge on any atom is -0.398 e. The third-order valence-electron chi connectivity index (χ3n) is 6.41. The second-order valence-corrected chi connectivity index (χ2v) is 10.2. The summed E-state index contributed by atoms with van der Waals surface area (Å²) >= 11 is 0. The van der Waals surface area contributed by atoms with Crippen LogP contribution in [0.15, 0.2) is 0 Å². The van der Waals surface area contributed by atoms with Gasteiger partial charge < -0.3 is 9.31 Å². The lowest BCUT2D eigenvalue weighted by Gasteiger charge is -2.32. The molecule has 0 amide bonds. The molecule has 1 saturated heterocycles. The minimum absolute atomic E-state index is 0.0477. The van der Waals surface area contributed by atoms with Gasteiger partial charge in [0.05, 0.1) is 28.5 Å². The Labute approximate surface area is 162 Å². The second kappa shape index (κ2) is 6.28. The average molecular weight is 382 g/mol. The summed E-state index contributed by atoms with van der Waals surface area (Å²) in [4.78, 5) is 0. The van der Waals surface area contributed by atoms with Gasteiger partial charge in [-0.15, -0.1) is 0 Å². The highest BCUT2D eigenvalue weighted by molar-refractivity contribution is 6.61. The predicted octanol–water partition coefficient (Wildman–Crippen LogP) is 4.54. The Morgan fingerprint density at radius 1 is 1.04 bits per heavy atom. The summed E-state index contributed by atoms with van der Waals surface area (Å²) in [6, 6.07) is -0.0477. The number of hydrogen-bond acceptors (Lipinski definition) is 3. The largest absolute Gasteiger partial charge is 0.514 e. The van der Waals surface area contributed by atoms with Crippen molar-refractivity contribution in [2.45, 2.75) is 110 Å². The van der Waals surface area contributed by atoms with Gasteiger partial charge in [-0.1, -0.05) is 20.8 Å². The Morgan fingerprint density at radius 2 is 1.52 bits per heavy atom. The lowest BCUT2D eigenvalue weighted by molar-refractivity contribution is -0.0448. The van der Waals surface area contributed by atoms with Gasteiger partial charge in [-0.05, 0) is 53.0 Å². The standard InChI is InChI=1S/C20H33BF2N2O2/c1-13-15(17(2,3)4)24-25(14-9-11-20(22,23)12-10-14)16(13)21-26-18(5,6)19(7,8)27-21/h14H,9-12H2,1-8H3. The van der Waals surface area contributed by atoms with Crippen molar-refractivity contribution in [3.8, 4) is 0 Å². The van der Waals surface area contributed by atoms with E-state index in [4.69, 9.17) is 14.4 Å². The van der Waals surface area contributed by atoms with Crippen LogP contribution in [0.25, 0.3) is 0 Å². The van der Waals surface area contributed by atoms with Crippen LogP contribution in [0.1, 0.15) is 91.4 Å². The molecule has 3 rings (SSSR count). The van der Waals surface area contributed by atoms with E-state index in [1.54, 1.807) is 0 Å². The zero-order chi connectivity index (χ0) is 20.4. The molecule has 1 aliphatic carbocycles. The molecule has 152 valence electrons. The lowest BCUT2D eigenvalue weighted by atomic mass is 9.78. The van der Waals surface area contributed by atoms with Crippen LogP contribution in [-0.4, -0.2) is 34.0 Å². The molecule has 0 atom stereocenters. The van der Waals surface area contributed by atoms with E-state index in [1.807, 2.05) is 39.3 Å². The molecule has 0 N–H and O–H groups in total. The average Bonchev–Trinajstić information content (AvgIpc) is 2.93. The fraction of sp³-hybridized carbons (Fsp3) is 0.850. The Kier molecular flexibility index (Phi) is 4.83. The van der Waals surface area contributed by atoms with E-state index in [2.05, 4.69) is 20.8 Å². The van der Waals surface area contributed by atoms with E-state index in [9.17, 15) is 8.78 Å². The molecule has 1 aromatic rings. The minimum atomic E-state index is -2.56. The topological polar surface area (TPSA) is 36.3 Å². The zero-order valence-corrected chi connectivity index (χ0v) is 17.9. The van der Waals surface area contributed by atoms with E-state index in [0.29, 0.717) is 12.8 Å². The summed E-state index contributed by atoms with van der Waals surface area (Å²) in [7, 11) is -0.541. The number of aromatic nitrogens is 2. The summed E-state index contributed by atoms with van der Waals surface area (Å²) in [6.45, 7) is 16.5. The summed E-state index contributed by atoms with van der Waals surface area (Å²) < 4.78 is 41.9. The SMILES string of the molecule is Cc1c(C(C)(C)C)nn(C2CCC(F)(F)CC2)c1B1OC(C)(C)C(C)(C)O1. The van der Waals surface area contributed by atoms with Crippen LogP contribution in [0.3, 0.4) is 0 Å². The fourth-order valence-corrected chi connectivity index (χ4v) is 4.03. The van der Waals surface area contributed by atoms with Crippen LogP contribution >= 0.6 is 0 Å². The van der Waals surface area contributed by atoms with E-state index in [0.717, 1.165) is 16.9 Å². The molecule has 2 fully saturated rings. The van der Waals surface area contributed by atoms with Gasteiger partial charge in [-0.2, -0.15) is 5.10 Å². The smallest absolute Gasteiger partial charge is 0.398 e. The maximum absolute atomic E-state index is 13.7. The van der Waals surface area contributed by atoms with Gasteiger partial charge in [0.2, 0.25) is 5.92 Å². The van der Waals surface area contributed by atoms with Gasteiger partial charge in [0.1, 0.15) is 0 Å². The summed E-state index contributed by atoms with van der Waals surface area (Å²) in [5.41, 5.74) is 1.84. The fourth-order valence-electron chi connectivity index (χ4n) is 4.03. The van der Waals surface area contributed by atoms with E-state index >= 15 is 0 Å². The zero-order valence-electron chi connectivity index (χ0n) is 17.9. The van der Waals surface area contributed by atoms with Crippen LogP contribution in [0, 0.1) is 6.92 Å². The van der Waals surface area contributed by atoms with E-state index in [1.165, 1.54) is 0 Å². The van der Waals surface area contributed by atoms with Crippen molar-refractivity contribution < 1.29 is 18.1 Å². The first-order chi connectivity index (χ1) is 12.1. The molecule has 7 heteroatoms. The van der Waals surface area contributed by atoms with Crippen molar-refractivity contribution >= 4 is 12.7 Å². The van der Waals surface area contributed by atoms with Gasteiger partial charge in [0.25, 0.3) is 0 Å². The summed E-state index contributed by atoms with van der Waals surface area (Å²) in [6.07, 6.45) is 0.656. The Morgan fingerprint density at radius 3 is 1.96 bits per heavy atom. The number of hydrogen-bond donors (Lipinski definition) is 0. The van der Waals surface area contributed by atoms with Crippen LogP contribution in [0.2, 0.25) is 0 Å². The summed E-state index contributed by atoms with van der Waals surface area (Å²) in [5, 5.41) is 4.90. The van der Waals surface area contributed by atoms with Gasteiger partial charge in [-0.3, -0.25) is 4.68 Å². The molecule has 1 saturated carbocycles. The van der Waals surface area contributed by atoms with Crippen molar-refractivity contribution in [2.75, 3.05) is 0 Å². The molecule has 0 unspecified atom stereocenters. The Balaban J connectivity index is 2.03. The van der Waals surface area contributed by atoms with Gasteiger partial charge >= 0.3 is 7.12 Å². The van der Waals surface area contributed by atoms with Gasteiger partial charge in [0.15, 0.2) is 0 Å². The molecule has 0 aromatic carbocycles. The Bertz CT molecular complexity index is 696. The van der Waals surface area contributed by atoms with Crippen molar-refractivity contribution in [3.63, 3.8) is 0 Å². The first kappa shape index (κ1) is 20.8. The molecule has 2 heterocycles. The third kappa shape index (κ3) is 3.69. The van der Waals surface area contributed by atoms with Crippen molar-refractivity contribution in [2.24, 2.45) is 0 Å². The van der Waals surface area contributed by atoms with Crippen LogP contribution in [0.5, 0.6) is 0 Å². The molecule has 2 aliphatic rings. The third-order valence-corrected chi connectivity index (χ3v) is 6.41. The van der Waals surface area contributed by atoms with Gasteiger partial charge in [0, 0.05) is 18.3 Å². The number of rotatable bonds is 2. The molecule has 1 aliphatic heterocycles. The molecule has 0 bridgehead atoms. The molecule has 4 nitrogen and oxygen atoms in total. The maximum atomic E-state index is 13.7. The molecule has 0 radical (unpaired) electrons. The van der Waals surface area contributed by atoms with E-state index < -0.39 is 24.2 Å². The molecular formula is C20H33BF2N2O2. The predicted molar refractivity (Wildman–Crippen MR) is 104 cm³/mol.